The van der Waals surface area contributed by atoms with Crippen LogP contribution in [0.15, 0.2) is 91.5 Å². The number of rotatable bonds is 3. The van der Waals surface area contributed by atoms with Gasteiger partial charge in [0.2, 0.25) is 0 Å². The Kier molecular flexibility index (Phi) is 9.96. The van der Waals surface area contributed by atoms with E-state index in [9.17, 15) is 0 Å². The maximum Gasteiger partial charge on any atom is -1.00 e. The maximum absolute atomic E-state index is 2.43. The molecule has 0 saturated carbocycles. The minimum Gasteiger partial charge on any atom is -1.00 e. The molecule has 29 heavy (non-hydrogen) atoms. The normalized spacial score (nSPS) is 15.2. The first kappa shape index (κ1) is 24.7. The van der Waals surface area contributed by atoms with E-state index in [2.05, 4.69) is 96.5 Å². The van der Waals surface area contributed by atoms with Crippen LogP contribution in [0.25, 0.3) is 11.1 Å². The summed E-state index contributed by atoms with van der Waals surface area (Å²) in [6.45, 7) is 0. The molecule has 0 atom stereocenters. The molecule has 0 heterocycles. The van der Waals surface area contributed by atoms with E-state index < -0.39 is 21.8 Å². The minimum atomic E-state index is -1.99. The number of hydrogen-bond acceptors (Lipinski definition) is 0. The molecule has 0 bridgehead atoms. The Morgan fingerprint density at radius 1 is 0.724 bits per heavy atom. The van der Waals surface area contributed by atoms with E-state index in [0.717, 1.165) is 0 Å². The largest absolute Gasteiger partial charge is 1.00 e. The van der Waals surface area contributed by atoms with E-state index >= 15 is 0 Å². The van der Waals surface area contributed by atoms with E-state index in [-0.39, 0.29) is 24.8 Å². The summed E-state index contributed by atoms with van der Waals surface area (Å²) >= 11 is -1.49. The van der Waals surface area contributed by atoms with Crippen LogP contribution in [0.5, 0.6) is 0 Å². The van der Waals surface area contributed by atoms with Crippen LogP contribution in [-0.2, 0) is 21.8 Å². The van der Waals surface area contributed by atoms with Gasteiger partial charge in [-0.25, -0.2) is 0 Å². The van der Waals surface area contributed by atoms with Crippen molar-refractivity contribution in [1.82, 2.24) is 0 Å². The zero-order valence-corrected chi connectivity index (χ0v) is 22.9. The summed E-state index contributed by atoms with van der Waals surface area (Å²) in [5, 5.41) is 0. The van der Waals surface area contributed by atoms with Crippen LogP contribution in [0, 0.1) is 0 Å². The standard InChI is InChI=1S/C13H9.2C5H5.C2H6Ge.2ClH.Zr/c1-3-7-12-10(5-1)9-11-6-2-4-8-13(11)12;2*1-2-4-5-3-1;1-3-2;;;/h1-9H;2*1-3H,4H2;1-2H3;2*1H;/q;;;;;;+2/p-2. The molecule has 0 aliphatic heterocycles. The molecule has 0 unspecified atom stereocenters. The van der Waals surface area contributed by atoms with Gasteiger partial charge in [-0.2, -0.15) is 0 Å². The Bertz CT molecular complexity index is 883. The van der Waals surface area contributed by atoms with Gasteiger partial charge in [-0.05, 0) is 0 Å². The van der Waals surface area contributed by atoms with Gasteiger partial charge in [0.1, 0.15) is 0 Å². The first-order valence-electron chi connectivity index (χ1n) is 9.71. The van der Waals surface area contributed by atoms with E-state index in [4.69, 9.17) is 0 Å². The Hall–Kier alpha value is -0.594. The van der Waals surface area contributed by atoms with Crippen molar-refractivity contribution in [3.63, 3.8) is 0 Å². The minimum absolute atomic E-state index is 0. The van der Waals surface area contributed by atoms with Crippen molar-refractivity contribution < 1.29 is 46.6 Å². The number of allylic oxidation sites excluding steroid dienone is 8. The van der Waals surface area contributed by atoms with Crippen LogP contribution in [0.3, 0.4) is 0 Å². The van der Waals surface area contributed by atoms with Gasteiger partial charge >= 0.3 is 179 Å². The number of halogens is 2. The molecule has 0 fully saturated rings. The molecular weight excluding hydrogens is 535 g/mol. The second-order valence-electron chi connectivity index (χ2n) is 7.17. The Morgan fingerprint density at radius 3 is 1.52 bits per heavy atom. The molecule has 0 nitrogen and oxygen atoms in total. The second-order valence-corrected chi connectivity index (χ2v) is 15.9. The van der Waals surface area contributed by atoms with Gasteiger partial charge in [0.25, 0.3) is 0 Å². The van der Waals surface area contributed by atoms with E-state index in [1.165, 1.54) is 24.0 Å². The predicted molar refractivity (Wildman–Crippen MR) is 115 cm³/mol. The van der Waals surface area contributed by atoms with Crippen LogP contribution in [-0.4, -0.2) is 15.4 Å². The van der Waals surface area contributed by atoms with Crippen LogP contribution in [0.1, 0.15) is 27.6 Å². The number of hydrogen-bond donors (Lipinski definition) is 0. The average molecular weight is 560 g/mol. The van der Waals surface area contributed by atoms with Crippen molar-refractivity contribution in [2.45, 2.75) is 28.0 Å². The van der Waals surface area contributed by atoms with Crippen molar-refractivity contribution in [2.24, 2.45) is 0 Å². The third-order valence-electron chi connectivity index (χ3n) is 5.36. The third kappa shape index (κ3) is 5.01. The summed E-state index contributed by atoms with van der Waals surface area (Å²) in [6.07, 6.45) is 16.4. The van der Waals surface area contributed by atoms with Gasteiger partial charge in [-0.15, -0.1) is 0 Å². The topological polar surface area (TPSA) is 0 Å². The molecule has 147 valence electrons. The fourth-order valence-corrected chi connectivity index (χ4v) is 13.0. The summed E-state index contributed by atoms with van der Waals surface area (Å²) in [5.74, 6) is 4.50. The Labute approximate surface area is 202 Å². The van der Waals surface area contributed by atoms with Gasteiger partial charge in [-0.3, -0.25) is 0 Å². The maximum atomic E-state index is 2.43. The monoisotopic (exact) mass is 559 g/mol. The zero-order valence-electron chi connectivity index (χ0n) is 16.8. The quantitative estimate of drug-likeness (QED) is 0.490. The fourth-order valence-electron chi connectivity index (χ4n) is 4.34. The van der Waals surface area contributed by atoms with Crippen molar-refractivity contribution in [1.29, 1.82) is 0 Å². The molecule has 0 spiro atoms. The third-order valence-corrected chi connectivity index (χ3v) is 13.5. The van der Waals surface area contributed by atoms with Gasteiger partial charge < -0.3 is 24.8 Å². The van der Waals surface area contributed by atoms with Crippen molar-refractivity contribution in [3.05, 3.63) is 103 Å². The summed E-state index contributed by atoms with van der Waals surface area (Å²) in [7, 11) is 0. The van der Waals surface area contributed by atoms with Crippen molar-refractivity contribution in [3.8, 4) is 11.1 Å². The molecule has 4 heteroatoms. The SMILES string of the molecule is C1=CC[C]([Zr+2]([C]2=CC=CC2)[CH]2c3ccccc3-c3ccccc32)=C1.[CH3][Ge][CH3].[Cl-].[Cl-]. The summed E-state index contributed by atoms with van der Waals surface area (Å²) in [4.78, 5) is 0. The second kappa shape index (κ2) is 11.7. The molecule has 0 saturated heterocycles. The Balaban J connectivity index is 0.000000568. The van der Waals surface area contributed by atoms with Gasteiger partial charge in [0.15, 0.2) is 0 Å². The molecule has 2 aromatic rings. The number of benzene rings is 2. The smallest absolute Gasteiger partial charge is 1.00 e. The Morgan fingerprint density at radius 2 is 1.14 bits per heavy atom. The molecule has 3 aliphatic carbocycles. The zero-order chi connectivity index (χ0) is 18.6. The molecule has 0 amide bonds. The molecule has 2 radical (unpaired) electrons. The summed E-state index contributed by atoms with van der Waals surface area (Å²) in [5.41, 5.74) is 6.09. The van der Waals surface area contributed by atoms with Crippen molar-refractivity contribution in [2.75, 3.05) is 0 Å². The van der Waals surface area contributed by atoms with E-state index in [1.54, 1.807) is 17.7 Å². The molecule has 3 aliphatic rings. The molecule has 0 N–H and O–H groups in total. The van der Waals surface area contributed by atoms with Gasteiger partial charge in [-0.1, -0.05) is 0 Å². The first-order chi connectivity index (χ1) is 13.3. The van der Waals surface area contributed by atoms with Crippen LogP contribution in [0.2, 0.25) is 11.5 Å². The summed E-state index contributed by atoms with van der Waals surface area (Å²) in [6, 6.07) is 18.2. The molecule has 0 aromatic heterocycles. The first-order valence-corrected chi connectivity index (χ1v) is 17.8. The predicted octanol–water partition coefficient (Wildman–Crippen LogP) is 0.857. The fraction of sp³-hybridized carbons (Fsp3) is 0.200. The summed E-state index contributed by atoms with van der Waals surface area (Å²) < 4.78 is 4.14. The molecule has 2 aromatic carbocycles. The van der Waals surface area contributed by atoms with E-state index in [0.29, 0.717) is 19.1 Å². The van der Waals surface area contributed by atoms with Gasteiger partial charge in [0.05, 0.1) is 0 Å². The van der Waals surface area contributed by atoms with Crippen LogP contribution < -0.4 is 24.8 Å². The average Bonchev–Trinajstić information content (AvgIpc) is 3.45. The van der Waals surface area contributed by atoms with Crippen molar-refractivity contribution >= 4 is 15.4 Å². The molecule has 5 rings (SSSR count). The van der Waals surface area contributed by atoms with Gasteiger partial charge in [0, 0.05) is 0 Å². The molecular formula is C25H25Cl2GeZr. The van der Waals surface area contributed by atoms with Crippen LogP contribution in [0.4, 0.5) is 0 Å². The number of fused-ring (bicyclic) bond motifs is 3. The van der Waals surface area contributed by atoms with Crippen LogP contribution >= 0.6 is 0 Å². The van der Waals surface area contributed by atoms with E-state index in [1.807, 2.05) is 0 Å².